The van der Waals surface area contributed by atoms with E-state index < -0.39 is 0 Å². The molecule has 1 fully saturated rings. The van der Waals surface area contributed by atoms with Gasteiger partial charge in [-0.25, -0.2) is 0 Å². The lowest BCUT2D eigenvalue weighted by Crippen LogP contribution is -2.28. The molecule has 1 aromatic rings. The van der Waals surface area contributed by atoms with E-state index in [1.54, 1.807) is 11.8 Å². The van der Waals surface area contributed by atoms with Crippen molar-refractivity contribution in [1.29, 1.82) is 0 Å². The van der Waals surface area contributed by atoms with Crippen molar-refractivity contribution in [2.24, 2.45) is 11.8 Å². The van der Waals surface area contributed by atoms with E-state index in [0.717, 1.165) is 30.0 Å². The van der Waals surface area contributed by atoms with Gasteiger partial charge < -0.3 is 10.0 Å². The maximum absolute atomic E-state index is 12.5. The number of amides is 1. The molecule has 1 aliphatic heterocycles. The van der Waals surface area contributed by atoms with Crippen molar-refractivity contribution in [2.75, 3.05) is 25.4 Å². The fourth-order valence-corrected chi connectivity index (χ4v) is 3.57. The van der Waals surface area contributed by atoms with Crippen molar-refractivity contribution in [3.05, 3.63) is 29.8 Å². The molecule has 3 nitrogen and oxygen atoms in total. The molecule has 1 unspecified atom stereocenters. The summed E-state index contributed by atoms with van der Waals surface area (Å²) >= 11 is 1.61. The maximum Gasteiger partial charge on any atom is 0.253 e. The van der Waals surface area contributed by atoms with Gasteiger partial charge >= 0.3 is 0 Å². The van der Waals surface area contributed by atoms with Gasteiger partial charge in [0.25, 0.3) is 5.91 Å². The molecule has 1 saturated heterocycles. The molecule has 0 spiro atoms. The third-order valence-corrected chi connectivity index (χ3v) is 4.83. The molecule has 0 aromatic heterocycles. The van der Waals surface area contributed by atoms with Gasteiger partial charge in [0.15, 0.2) is 0 Å². The Hall–Kier alpha value is -1.00. The summed E-state index contributed by atoms with van der Waals surface area (Å²) in [6.07, 6.45) is 2.34. The molecule has 2 rings (SSSR count). The van der Waals surface area contributed by atoms with Gasteiger partial charge in [0, 0.05) is 29.3 Å². The second kappa shape index (κ2) is 7.85. The molecule has 0 radical (unpaired) electrons. The van der Waals surface area contributed by atoms with Crippen LogP contribution in [0.2, 0.25) is 0 Å². The average Bonchev–Trinajstić information content (AvgIpc) is 2.92. The van der Waals surface area contributed by atoms with Crippen LogP contribution in [-0.4, -0.2) is 41.4 Å². The number of aliphatic hydroxyl groups is 1. The second-order valence-corrected chi connectivity index (χ2v) is 7.30. The zero-order chi connectivity index (χ0) is 15.2. The van der Waals surface area contributed by atoms with Gasteiger partial charge in [0.05, 0.1) is 6.61 Å². The Morgan fingerprint density at radius 2 is 2.10 bits per heavy atom. The van der Waals surface area contributed by atoms with Crippen LogP contribution in [0, 0.1) is 11.8 Å². The Kier molecular flexibility index (Phi) is 6.12. The third-order valence-electron chi connectivity index (χ3n) is 3.84. The molecule has 0 aliphatic carbocycles. The van der Waals surface area contributed by atoms with Crippen LogP contribution in [-0.2, 0) is 0 Å². The summed E-state index contributed by atoms with van der Waals surface area (Å²) in [5.74, 6) is 2.21. The molecular formula is C17H25NO2S. The zero-order valence-electron chi connectivity index (χ0n) is 12.9. The zero-order valence-corrected chi connectivity index (χ0v) is 13.7. The number of aliphatic hydroxyl groups excluding tert-OH is 1. The first kappa shape index (κ1) is 16.4. The Balaban J connectivity index is 1.91. The summed E-state index contributed by atoms with van der Waals surface area (Å²) in [5, 5.41) is 8.82. The van der Waals surface area contributed by atoms with Crippen LogP contribution in [0.1, 0.15) is 37.0 Å². The molecular weight excluding hydrogens is 282 g/mol. The van der Waals surface area contributed by atoms with Crippen molar-refractivity contribution in [1.82, 2.24) is 4.90 Å². The number of hydrogen-bond donors (Lipinski definition) is 1. The third kappa shape index (κ3) is 4.75. The van der Waals surface area contributed by atoms with Gasteiger partial charge in [-0.3, -0.25) is 4.79 Å². The van der Waals surface area contributed by atoms with Crippen LogP contribution in [0.15, 0.2) is 29.2 Å². The van der Waals surface area contributed by atoms with Crippen LogP contribution in [0.25, 0.3) is 0 Å². The highest BCUT2D eigenvalue weighted by Crippen LogP contribution is 2.25. The number of nitrogens with zero attached hydrogens (tertiary/aromatic N) is 1. The summed E-state index contributed by atoms with van der Waals surface area (Å²) in [5.41, 5.74) is 0.772. The predicted molar refractivity (Wildman–Crippen MR) is 87.7 cm³/mol. The van der Waals surface area contributed by atoms with E-state index in [1.807, 2.05) is 29.2 Å². The van der Waals surface area contributed by atoms with E-state index in [0.29, 0.717) is 17.6 Å². The van der Waals surface area contributed by atoms with Gasteiger partial charge in [-0.2, -0.15) is 0 Å². The van der Waals surface area contributed by atoms with Crippen molar-refractivity contribution < 1.29 is 9.90 Å². The number of carbonyl (C=O) groups is 1. The van der Waals surface area contributed by atoms with E-state index in [2.05, 4.69) is 13.8 Å². The Bertz CT molecular complexity index is 458. The Labute approximate surface area is 131 Å². The summed E-state index contributed by atoms with van der Waals surface area (Å²) in [7, 11) is 0. The van der Waals surface area contributed by atoms with E-state index in [1.165, 1.54) is 6.42 Å². The first-order valence-corrected chi connectivity index (χ1v) is 8.71. The smallest absolute Gasteiger partial charge is 0.253 e. The van der Waals surface area contributed by atoms with Crippen molar-refractivity contribution in [2.45, 2.75) is 31.6 Å². The van der Waals surface area contributed by atoms with Gasteiger partial charge in [0.1, 0.15) is 0 Å². The Morgan fingerprint density at radius 1 is 1.38 bits per heavy atom. The molecule has 0 saturated carbocycles. The quantitative estimate of drug-likeness (QED) is 0.820. The average molecular weight is 307 g/mol. The van der Waals surface area contributed by atoms with Gasteiger partial charge in [0.2, 0.25) is 0 Å². The second-order valence-electron chi connectivity index (χ2n) is 6.13. The van der Waals surface area contributed by atoms with Gasteiger partial charge in [-0.05, 0) is 48.9 Å². The highest BCUT2D eigenvalue weighted by molar-refractivity contribution is 7.99. The van der Waals surface area contributed by atoms with E-state index in [9.17, 15) is 4.79 Å². The van der Waals surface area contributed by atoms with E-state index in [-0.39, 0.29) is 12.5 Å². The minimum absolute atomic E-state index is 0.153. The lowest BCUT2D eigenvalue weighted by Gasteiger charge is -2.17. The minimum Gasteiger partial charge on any atom is -0.396 e. The van der Waals surface area contributed by atoms with Crippen molar-refractivity contribution >= 4 is 17.7 Å². The summed E-state index contributed by atoms with van der Waals surface area (Å²) < 4.78 is 0. The van der Waals surface area contributed by atoms with E-state index >= 15 is 0 Å². The fourth-order valence-electron chi connectivity index (χ4n) is 2.92. The molecule has 116 valence electrons. The number of benzene rings is 1. The first-order valence-electron chi connectivity index (χ1n) is 7.73. The predicted octanol–water partition coefficient (Wildman–Crippen LogP) is 3.28. The number of carbonyl (C=O) groups excluding carboxylic acids is 1. The topological polar surface area (TPSA) is 40.5 Å². The summed E-state index contributed by atoms with van der Waals surface area (Å²) in [4.78, 5) is 15.6. The SMILES string of the molecule is CC(C)CC1CCN(C(=O)c2ccc(SCCO)cc2)C1. The lowest BCUT2D eigenvalue weighted by molar-refractivity contribution is 0.0785. The monoisotopic (exact) mass is 307 g/mol. The van der Waals surface area contributed by atoms with Crippen LogP contribution in [0.3, 0.4) is 0 Å². The highest BCUT2D eigenvalue weighted by Gasteiger charge is 2.27. The maximum atomic E-state index is 12.5. The molecule has 1 atom stereocenters. The molecule has 1 heterocycles. The number of thioether (sulfide) groups is 1. The molecule has 1 aromatic carbocycles. The highest BCUT2D eigenvalue weighted by atomic mass is 32.2. The molecule has 21 heavy (non-hydrogen) atoms. The normalized spacial score (nSPS) is 18.5. The molecule has 4 heteroatoms. The Morgan fingerprint density at radius 3 is 2.71 bits per heavy atom. The largest absolute Gasteiger partial charge is 0.396 e. The summed E-state index contributed by atoms with van der Waals surface area (Å²) in [6.45, 7) is 6.45. The molecule has 1 amide bonds. The minimum atomic E-state index is 0.153. The van der Waals surface area contributed by atoms with E-state index in [4.69, 9.17) is 5.11 Å². The van der Waals surface area contributed by atoms with Crippen molar-refractivity contribution in [3.63, 3.8) is 0 Å². The van der Waals surface area contributed by atoms with Crippen LogP contribution in [0.5, 0.6) is 0 Å². The number of rotatable bonds is 6. The first-order chi connectivity index (χ1) is 10.1. The fraction of sp³-hybridized carbons (Fsp3) is 0.588. The van der Waals surface area contributed by atoms with Gasteiger partial charge in [-0.1, -0.05) is 13.8 Å². The van der Waals surface area contributed by atoms with Crippen LogP contribution in [0.4, 0.5) is 0 Å². The molecule has 1 aliphatic rings. The van der Waals surface area contributed by atoms with Crippen LogP contribution >= 0.6 is 11.8 Å². The van der Waals surface area contributed by atoms with Gasteiger partial charge in [-0.15, -0.1) is 11.8 Å². The standard InChI is InChI=1S/C17H25NO2S/c1-13(2)11-14-7-8-18(12-14)17(20)15-3-5-16(6-4-15)21-10-9-19/h3-6,13-14,19H,7-12H2,1-2H3. The molecule has 1 N–H and O–H groups in total. The molecule has 0 bridgehead atoms. The van der Waals surface area contributed by atoms with Crippen LogP contribution < -0.4 is 0 Å². The number of hydrogen-bond acceptors (Lipinski definition) is 3. The summed E-state index contributed by atoms with van der Waals surface area (Å²) in [6, 6.07) is 7.74. The lowest BCUT2D eigenvalue weighted by atomic mass is 9.97. The van der Waals surface area contributed by atoms with Crippen molar-refractivity contribution in [3.8, 4) is 0 Å². The number of likely N-dealkylation sites (tertiary alicyclic amines) is 1.